The lowest BCUT2D eigenvalue weighted by Gasteiger charge is -2.31. The molecule has 25 heavy (non-hydrogen) atoms. The van der Waals surface area contributed by atoms with E-state index in [1.807, 2.05) is 41.1 Å². The maximum absolute atomic E-state index is 13.0. The molecule has 136 valence electrons. The molecule has 5 heteroatoms. The zero-order chi connectivity index (χ0) is 17.6. The quantitative estimate of drug-likeness (QED) is 0.750. The number of likely N-dealkylation sites (tertiary alicyclic amines) is 1. The maximum atomic E-state index is 13.0. The van der Waals surface area contributed by atoms with Crippen LogP contribution in [-0.4, -0.2) is 53.5 Å². The average Bonchev–Trinajstić information content (AvgIpc) is 3.21. The van der Waals surface area contributed by atoms with Crippen molar-refractivity contribution >= 4 is 23.6 Å². The normalized spacial score (nSPS) is 18.4. The lowest BCUT2D eigenvalue weighted by molar-refractivity contribution is -0.127. The van der Waals surface area contributed by atoms with Crippen LogP contribution in [0.2, 0.25) is 0 Å². The Hall–Kier alpha value is -1.49. The molecule has 1 aliphatic carbocycles. The Morgan fingerprint density at radius 1 is 1.08 bits per heavy atom. The monoisotopic (exact) mass is 360 g/mol. The van der Waals surface area contributed by atoms with Crippen LogP contribution in [0.25, 0.3) is 0 Å². The summed E-state index contributed by atoms with van der Waals surface area (Å²) in [5, 5.41) is 0. The summed E-state index contributed by atoms with van der Waals surface area (Å²) in [6.07, 6.45) is 8.13. The smallest absolute Gasteiger partial charge is 0.254 e. The van der Waals surface area contributed by atoms with E-state index in [4.69, 9.17) is 0 Å². The fraction of sp³-hybridized carbons (Fsp3) is 0.600. The first-order valence-corrected chi connectivity index (χ1v) is 10.4. The molecule has 4 nitrogen and oxygen atoms in total. The van der Waals surface area contributed by atoms with Gasteiger partial charge in [0.15, 0.2) is 0 Å². The van der Waals surface area contributed by atoms with Crippen LogP contribution in [0.3, 0.4) is 0 Å². The van der Waals surface area contributed by atoms with Crippen molar-refractivity contribution < 1.29 is 9.59 Å². The molecule has 1 heterocycles. The van der Waals surface area contributed by atoms with Crippen molar-refractivity contribution in [2.24, 2.45) is 0 Å². The molecular weight excluding hydrogens is 332 g/mol. The number of amides is 2. The number of carbonyl (C=O) groups is 2. The number of hydrogen-bond acceptors (Lipinski definition) is 3. The van der Waals surface area contributed by atoms with Crippen molar-refractivity contribution in [3.63, 3.8) is 0 Å². The number of nitrogens with zero attached hydrogens (tertiary/aromatic N) is 2. The highest BCUT2D eigenvalue weighted by atomic mass is 32.2. The van der Waals surface area contributed by atoms with E-state index in [1.165, 1.54) is 31.0 Å². The molecule has 1 saturated carbocycles. The van der Waals surface area contributed by atoms with E-state index in [2.05, 4.69) is 0 Å². The fourth-order valence-electron chi connectivity index (χ4n) is 3.79. The largest absolute Gasteiger partial charge is 0.342 e. The third-order valence-corrected chi connectivity index (χ3v) is 6.43. The van der Waals surface area contributed by atoms with E-state index < -0.39 is 0 Å². The maximum Gasteiger partial charge on any atom is 0.254 e. The third-order valence-electron chi connectivity index (χ3n) is 5.37. The van der Waals surface area contributed by atoms with Crippen LogP contribution in [-0.2, 0) is 4.79 Å². The molecule has 0 atom stereocenters. The molecule has 1 saturated heterocycles. The van der Waals surface area contributed by atoms with Gasteiger partial charge in [-0.1, -0.05) is 31.4 Å². The van der Waals surface area contributed by atoms with Crippen molar-refractivity contribution in [3.05, 3.63) is 29.8 Å². The van der Waals surface area contributed by atoms with Gasteiger partial charge >= 0.3 is 0 Å². The zero-order valence-corrected chi connectivity index (χ0v) is 15.9. The predicted octanol–water partition coefficient (Wildman–Crippen LogP) is 3.81. The van der Waals surface area contributed by atoms with E-state index in [9.17, 15) is 9.59 Å². The van der Waals surface area contributed by atoms with Crippen LogP contribution in [0, 0.1) is 0 Å². The molecule has 2 amide bonds. The highest BCUT2D eigenvalue weighted by Gasteiger charge is 2.25. The van der Waals surface area contributed by atoms with Gasteiger partial charge in [0.25, 0.3) is 5.91 Å². The molecule has 1 aromatic rings. The molecule has 0 bridgehead atoms. The Morgan fingerprint density at radius 2 is 1.76 bits per heavy atom. The average molecular weight is 361 g/mol. The molecule has 0 N–H and O–H groups in total. The number of benzene rings is 1. The number of hydrogen-bond donors (Lipinski definition) is 0. The van der Waals surface area contributed by atoms with Crippen molar-refractivity contribution in [2.45, 2.75) is 55.9 Å². The van der Waals surface area contributed by atoms with Gasteiger partial charge in [-0.15, -0.1) is 11.8 Å². The van der Waals surface area contributed by atoms with Crippen molar-refractivity contribution in [2.75, 3.05) is 25.9 Å². The van der Waals surface area contributed by atoms with E-state index in [0.29, 0.717) is 11.8 Å². The van der Waals surface area contributed by atoms with Crippen LogP contribution < -0.4 is 0 Å². The summed E-state index contributed by atoms with van der Waals surface area (Å²) >= 11 is 1.50. The van der Waals surface area contributed by atoms with Gasteiger partial charge in [-0.25, -0.2) is 0 Å². The first-order chi connectivity index (χ1) is 12.2. The van der Waals surface area contributed by atoms with E-state index in [-0.39, 0.29) is 11.8 Å². The lowest BCUT2D eigenvalue weighted by Crippen LogP contribution is -2.38. The van der Waals surface area contributed by atoms with E-state index in [1.54, 1.807) is 0 Å². The Bertz CT molecular complexity index is 607. The van der Waals surface area contributed by atoms with E-state index in [0.717, 1.165) is 49.2 Å². The molecule has 3 rings (SSSR count). The second-order valence-electron chi connectivity index (χ2n) is 7.08. The molecule has 1 aromatic carbocycles. The molecule has 1 aliphatic heterocycles. The Labute approximate surface area is 154 Å². The van der Waals surface area contributed by atoms with Gasteiger partial charge in [-0.3, -0.25) is 9.59 Å². The molecular formula is C20H28N2O2S. The molecule has 0 radical (unpaired) electrons. The summed E-state index contributed by atoms with van der Waals surface area (Å²) in [7, 11) is 1.93. The second-order valence-corrected chi connectivity index (χ2v) is 8.10. The Morgan fingerprint density at radius 3 is 2.48 bits per heavy atom. The van der Waals surface area contributed by atoms with Crippen molar-refractivity contribution in [3.8, 4) is 0 Å². The van der Waals surface area contributed by atoms with Gasteiger partial charge in [0.1, 0.15) is 0 Å². The first kappa shape index (κ1) is 18.3. The van der Waals surface area contributed by atoms with Crippen molar-refractivity contribution in [1.29, 1.82) is 0 Å². The molecule has 2 aliphatic rings. The molecule has 0 spiro atoms. The van der Waals surface area contributed by atoms with Gasteiger partial charge in [-0.2, -0.15) is 0 Å². The topological polar surface area (TPSA) is 40.6 Å². The summed E-state index contributed by atoms with van der Waals surface area (Å²) in [5.41, 5.74) is 0.731. The van der Waals surface area contributed by atoms with Crippen LogP contribution in [0.1, 0.15) is 55.3 Å². The fourth-order valence-corrected chi connectivity index (χ4v) is 4.74. The predicted molar refractivity (Wildman–Crippen MR) is 102 cm³/mol. The number of rotatable bonds is 5. The second kappa shape index (κ2) is 8.75. The van der Waals surface area contributed by atoms with Gasteiger partial charge in [0, 0.05) is 31.1 Å². The number of thioether (sulfide) groups is 1. The van der Waals surface area contributed by atoms with Crippen LogP contribution in [0.4, 0.5) is 0 Å². The minimum Gasteiger partial charge on any atom is -0.342 e. The minimum atomic E-state index is 0.0867. The van der Waals surface area contributed by atoms with Crippen LogP contribution >= 0.6 is 11.8 Å². The van der Waals surface area contributed by atoms with Gasteiger partial charge < -0.3 is 9.80 Å². The Kier molecular flexibility index (Phi) is 6.40. The SMILES string of the molecule is CN(C(=O)c1ccccc1SCC(=O)N1CCCC1)C1CCCCC1. The summed E-state index contributed by atoms with van der Waals surface area (Å²) in [5.74, 6) is 0.686. The lowest BCUT2D eigenvalue weighted by atomic mass is 9.94. The van der Waals surface area contributed by atoms with Crippen LogP contribution in [0.15, 0.2) is 29.2 Å². The molecule has 0 unspecified atom stereocenters. The number of carbonyl (C=O) groups excluding carboxylic acids is 2. The first-order valence-electron chi connectivity index (χ1n) is 9.43. The minimum absolute atomic E-state index is 0.0867. The third kappa shape index (κ3) is 4.57. The molecule has 2 fully saturated rings. The van der Waals surface area contributed by atoms with Gasteiger partial charge in [0.2, 0.25) is 5.91 Å². The van der Waals surface area contributed by atoms with Gasteiger partial charge in [0.05, 0.1) is 11.3 Å². The standard InChI is InChI=1S/C20H28N2O2S/c1-21(16-9-3-2-4-10-16)20(24)17-11-5-6-12-18(17)25-15-19(23)22-13-7-8-14-22/h5-6,11-12,16H,2-4,7-10,13-15H2,1H3. The van der Waals surface area contributed by atoms with E-state index >= 15 is 0 Å². The van der Waals surface area contributed by atoms with Gasteiger partial charge in [-0.05, 0) is 37.8 Å². The highest BCUT2D eigenvalue weighted by molar-refractivity contribution is 8.00. The summed E-state index contributed by atoms with van der Waals surface area (Å²) in [4.78, 5) is 30.0. The van der Waals surface area contributed by atoms with Crippen LogP contribution in [0.5, 0.6) is 0 Å². The summed E-state index contributed by atoms with van der Waals surface area (Å²) in [6.45, 7) is 1.76. The summed E-state index contributed by atoms with van der Waals surface area (Å²) < 4.78 is 0. The molecule has 0 aromatic heterocycles. The summed E-state index contributed by atoms with van der Waals surface area (Å²) in [6, 6.07) is 8.06. The van der Waals surface area contributed by atoms with Crippen molar-refractivity contribution in [1.82, 2.24) is 9.80 Å². The highest BCUT2D eigenvalue weighted by Crippen LogP contribution is 2.27. The zero-order valence-electron chi connectivity index (χ0n) is 15.1. The Balaban J connectivity index is 1.65.